The summed E-state index contributed by atoms with van der Waals surface area (Å²) in [4.78, 5) is 20.1. The van der Waals surface area contributed by atoms with Crippen molar-refractivity contribution in [3.05, 3.63) is 23.8 Å². The summed E-state index contributed by atoms with van der Waals surface area (Å²) in [6.45, 7) is 3.01. The summed E-state index contributed by atoms with van der Waals surface area (Å²) in [6.07, 6.45) is 3.86. The maximum absolute atomic E-state index is 11.8. The molecule has 1 amide bonds. The molecule has 3 N–H and O–H groups in total. The zero-order valence-corrected chi connectivity index (χ0v) is 9.77. The van der Waals surface area contributed by atoms with E-state index in [1.807, 2.05) is 6.92 Å². The predicted molar refractivity (Wildman–Crippen MR) is 61.0 cm³/mol. The number of ether oxygens (including phenoxy) is 1. The lowest BCUT2D eigenvalue weighted by Gasteiger charge is -2.20. The summed E-state index contributed by atoms with van der Waals surface area (Å²) in [6, 6.07) is 0. The Morgan fingerprint density at radius 2 is 2.41 bits per heavy atom. The third-order valence-electron chi connectivity index (χ3n) is 2.77. The van der Waals surface area contributed by atoms with E-state index in [-0.39, 0.29) is 12.5 Å². The Kier molecular flexibility index (Phi) is 3.35. The third-order valence-corrected chi connectivity index (χ3v) is 2.77. The molecular formula is C11H16N4O2. The van der Waals surface area contributed by atoms with E-state index >= 15 is 0 Å². The molecule has 1 aliphatic rings. The molecule has 0 spiro atoms. The molecule has 1 aromatic heterocycles. The minimum absolute atomic E-state index is 0.197. The van der Waals surface area contributed by atoms with Gasteiger partial charge in [-0.2, -0.15) is 0 Å². The maximum Gasteiger partial charge on any atom is 0.242 e. The van der Waals surface area contributed by atoms with Gasteiger partial charge < -0.3 is 15.8 Å². The van der Waals surface area contributed by atoms with Crippen LogP contribution >= 0.6 is 0 Å². The number of aromatic nitrogens is 2. The minimum atomic E-state index is -0.891. The van der Waals surface area contributed by atoms with Crippen LogP contribution in [0, 0.1) is 6.92 Å². The van der Waals surface area contributed by atoms with Crippen LogP contribution in [0.2, 0.25) is 0 Å². The first-order valence-electron chi connectivity index (χ1n) is 5.53. The van der Waals surface area contributed by atoms with Crippen LogP contribution in [0.5, 0.6) is 0 Å². The number of aryl methyl sites for hydroxylation is 1. The van der Waals surface area contributed by atoms with Gasteiger partial charge in [-0.15, -0.1) is 0 Å². The molecule has 1 aromatic rings. The molecule has 1 aliphatic heterocycles. The van der Waals surface area contributed by atoms with Gasteiger partial charge in [0.1, 0.15) is 5.54 Å². The number of carbonyl (C=O) groups excluding carboxylic acids is 1. The van der Waals surface area contributed by atoms with Crippen LogP contribution in [0.25, 0.3) is 0 Å². The highest BCUT2D eigenvalue weighted by Gasteiger charge is 2.37. The quantitative estimate of drug-likeness (QED) is 0.739. The summed E-state index contributed by atoms with van der Waals surface area (Å²) in [5.74, 6) is -0.197. The zero-order valence-electron chi connectivity index (χ0n) is 9.77. The Morgan fingerprint density at radius 1 is 1.59 bits per heavy atom. The van der Waals surface area contributed by atoms with Gasteiger partial charge in [-0.3, -0.25) is 14.8 Å². The number of amides is 1. The lowest BCUT2D eigenvalue weighted by atomic mass is 9.99. The molecule has 17 heavy (non-hydrogen) atoms. The van der Waals surface area contributed by atoms with Crippen LogP contribution in [-0.2, 0) is 16.1 Å². The molecule has 1 saturated heterocycles. The zero-order chi connectivity index (χ0) is 12.3. The Bertz CT molecular complexity index is 398. The van der Waals surface area contributed by atoms with Gasteiger partial charge in [-0.05, 0) is 13.3 Å². The van der Waals surface area contributed by atoms with Crippen molar-refractivity contribution in [2.45, 2.75) is 25.4 Å². The predicted octanol–water partition coefficient (Wildman–Crippen LogP) is -0.481. The van der Waals surface area contributed by atoms with E-state index in [4.69, 9.17) is 10.5 Å². The molecule has 0 bridgehead atoms. The minimum Gasteiger partial charge on any atom is -0.379 e. The van der Waals surface area contributed by atoms with Gasteiger partial charge in [0.15, 0.2) is 0 Å². The summed E-state index contributed by atoms with van der Waals surface area (Å²) in [7, 11) is 0. The fourth-order valence-corrected chi connectivity index (χ4v) is 1.62. The Balaban J connectivity index is 1.89. The average molecular weight is 236 g/mol. The first kappa shape index (κ1) is 11.9. The first-order valence-corrected chi connectivity index (χ1v) is 5.53. The fourth-order valence-electron chi connectivity index (χ4n) is 1.62. The summed E-state index contributed by atoms with van der Waals surface area (Å²) >= 11 is 0. The first-order chi connectivity index (χ1) is 8.10. The monoisotopic (exact) mass is 236 g/mol. The molecule has 0 aliphatic carbocycles. The summed E-state index contributed by atoms with van der Waals surface area (Å²) in [5, 5.41) is 2.75. The van der Waals surface area contributed by atoms with Gasteiger partial charge in [-0.25, -0.2) is 0 Å². The van der Waals surface area contributed by atoms with Crippen molar-refractivity contribution >= 4 is 5.91 Å². The van der Waals surface area contributed by atoms with Crippen molar-refractivity contribution in [3.63, 3.8) is 0 Å². The molecule has 1 fully saturated rings. The number of nitrogens with one attached hydrogen (secondary N) is 1. The van der Waals surface area contributed by atoms with Crippen molar-refractivity contribution in [1.82, 2.24) is 15.3 Å². The fraction of sp³-hybridized carbons (Fsp3) is 0.545. The molecule has 6 nitrogen and oxygen atoms in total. The molecule has 6 heteroatoms. The number of nitrogens with zero attached hydrogens (tertiary/aromatic N) is 2. The van der Waals surface area contributed by atoms with Crippen LogP contribution in [-0.4, -0.2) is 34.6 Å². The molecule has 2 heterocycles. The highest BCUT2D eigenvalue weighted by molar-refractivity contribution is 5.86. The van der Waals surface area contributed by atoms with E-state index in [1.54, 1.807) is 12.4 Å². The molecule has 0 radical (unpaired) electrons. The van der Waals surface area contributed by atoms with Gasteiger partial charge >= 0.3 is 0 Å². The highest BCUT2D eigenvalue weighted by atomic mass is 16.5. The topological polar surface area (TPSA) is 90.1 Å². The third kappa shape index (κ3) is 2.78. The van der Waals surface area contributed by atoms with Gasteiger partial charge in [0, 0.05) is 12.8 Å². The van der Waals surface area contributed by atoms with Gasteiger partial charge in [0.05, 0.1) is 30.7 Å². The van der Waals surface area contributed by atoms with Crippen molar-refractivity contribution in [2.75, 3.05) is 13.2 Å². The smallest absolute Gasteiger partial charge is 0.242 e. The number of rotatable bonds is 3. The second-order valence-electron chi connectivity index (χ2n) is 4.29. The second-order valence-corrected chi connectivity index (χ2v) is 4.29. The molecule has 1 atom stereocenters. The van der Waals surface area contributed by atoms with Crippen LogP contribution in [0.1, 0.15) is 17.8 Å². The Morgan fingerprint density at radius 3 is 3.00 bits per heavy atom. The van der Waals surface area contributed by atoms with Crippen LogP contribution in [0.4, 0.5) is 0 Å². The molecule has 0 saturated carbocycles. The number of hydrogen-bond donors (Lipinski definition) is 2. The van der Waals surface area contributed by atoms with E-state index in [0.29, 0.717) is 25.3 Å². The summed E-state index contributed by atoms with van der Waals surface area (Å²) in [5.41, 5.74) is 6.59. The lowest BCUT2D eigenvalue weighted by molar-refractivity contribution is -0.126. The average Bonchev–Trinajstić information content (AvgIpc) is 2.76. The molecule has 92 valence electrons. The van der Waals surface area contributed by atoms with Gasteiger partial charge in [0.25, 0.3) is 0 Å². The Labute approximate surface area is 99.6 Å². The standard InChI is InChI=1S/C11H16N4O2/c1-8-4-14-9(5-13-8)6-15-10(16)11(12)2-3-17-7-11/h4-5H,2-3,6-7,12H2,1H3,(H,15,16). The van der Waals surface area contributed by atoms with Gasteiger partial charge in [0.2, 0.25) is 5.91 Å². The van der Waals surface area contributed by atoms with E-state index in [2.05, 4.69) is 15.3 Å². The maximum atomic E-state index is 11.8. The number of hydrogen-bond acceptors (Lipinski definition) is 5. The second kappa shape index (κ2) is 4.77. The van der Waals surface area contributed by atoms with E-state index in [0.717, 1.165) is 5.69 Å². The van der Waals surface area contributed by atoms with Crippen molar-refractivity contribution < 1.29 is 9.53 Å². The largest absolute Gasteiger partial charge is 0.379 e. The van der Waals surface area contributed by atoms with E-state index in [9.17, 15) is 4.79 Å². The van der Waals surface area contributed by atoms with Crippen LogP contribution in [0.3, 0.4) is 0 Å². The molecular weight excluding hydrogens is 220 g/mol. The molecule has 0 aromatic carbocycles. The number of carbonyl (C=O) groups is 1. The van der Waals surface area contributed by atoms with Crippen molar-refractivity contribution in [1.29, 1.82) is 0 Å². The summed E-state index contributed by atoms with van der Waals surface area (Å²) < 4.78 is 5.14. The lowest BCUT2D eigenvalue weighted by Crippen LogP contribution is -2.54. The van der Waals surface area contributed by atoms with Crippen molar-refractivity contribution in [2.24, 2.45) is 5.73 Å². The van der Waals surface area contributed by atoms with Crippen LogP contribution < -0.4 is 11.1 Å². The number of nitrogens with two attached hydrogens (primary N) is 1. The highest BCUT2D eigenvalue weighted by Crippen LogP contribution is 2.15. The Hall–Kier alpha value is -1.53. The van der Waals surface area contributed by atoms with E-state index < -0.39 is 5.54 Å². The van der Waals surface area contributed by atoms with Gasteiger partial charge in [-0.1, -0.05) is 0 Å². The SMILES string of the molecule is Cc1cnc(CNC(=O)C2(N)CCOC2)cn1. The van der Waals surface area contributed by atoms with Crippen molar-refractivity contribution in [3.8, 4) is 0 Å². The van der Waals surface area contributed by atoms with Crippen LogP contribution in [0.15, 0.2) is 12.4 Å². The van der Waals surface area contributed by atoms with E-state index in [1.165, 1.54) is 0 Å². The molecule has 2 rings (SSSR count). The normalized spacial score (nSPS) is 23.6. The molecule has 1 unspecified atom stereocenters.